The van der Waals surface area contributed by atoms with Gasteiger partial charge in [-0.2, -0.15) is 0 Å². The van der Waals surface area contributed by atoms with E-state index < -0.39 is 11.9 Å². The third-order valence-electron chi connectivity index (χ3n) is 2.88. The van der Waals surface area contributed by atoms with Gasteiger partial charge in [-0.25, -0.2) is 9.59 Å². The molecule has 0 heterocycles. The Morgan fingerprint density at radius 1 is 1.14 bits per heavy atom. The fraction of sp³-hybridized carbons (Fsp3) is 0.375. The Kier molecular flexibility index (Phi) is 5.52. The van der Waals surface area contributed by atoms with Gasteiger partial charge in [-0.3, -0.25) is 0 Å². The number of hydrogen-bond donors (Lipinski definition) is 1. The molecule has 0 radical (unpaired) electrons. The normalized spacial score (nSPS) is 11.8. The summed E-state index contributed by atoms with van der Waals surface area (Å²) in [4.78, 5) is 23.0. The molecule has 0 bridgehead atoms. The summed E-state index contributed by atoms with van der Waals surface area (Å²) >= 11 is 0. The lowest BCUT2D eigenvalue weighted by atomic mass is 9.87. The number of carbonyl (C=O) groups is 2. The minimum atomic E-state index is -0.637. The predicted octanol–water partition coefficient (Wildman–Crippen LogP) is 2.63. The smallest absolute Gasteiger partial charge is 0.354 e. The lowest BCUT2D eigenvalue weighted by Crippen LogP contribution is -2.16. The first-order valence-corrected chi connectivity index (χ1v) is 6.53. The fourth-order valence-electron chi connectivity index (χ4n) is 1.65. The van der Waals surface area contributed by atoms with E-state index in [1.54, 1.807) is 0 Å². The zero-order valence-corrected chi connectivity index (χ0v) is 13.0. The van der Waals surface area contributed by atoms with Crippen molar-refractivity contribution in [1.29, 1.82) is 0 Å². The van der Waals surface area contributed by atoms with E-state index in [2.05, 4.69) is 35.6 Å². The van der Waals surface area contributed by atoms with Gasteiger partial charge in [0.1, 0.15) is 5.70 Å². The SMILES string of the molecule is COC(=O)/C=C(/Nc1cccc(C(C)(C)C)c1)C(=O)OC. The quantitative estimate of drug-likeness (QED) is 0.682. The third kappa shape index (κ3) is 4.95. The molecule has 0 saturated carbocycles. The van der Waals surface area contributed by atoms with Crippen molar-refractivity contribution >= 4 is 17.6 Å². The maximum absolute atomic E-state index is 11.7. The standard InChI is InChI=1S/C16H21NO4/c1-16(2,3)11-7-6-8-12(9-11)17-13(15(19)21-5)10-14(18)20-4/h6-10,17H,1-5H3/b13-10+. The van der Waals surface area contributed by atoms with Gasteiger partial charge in [0.05, 0.1) is 20.3 Å². The minimum Gasteiger partial charge on any atom is -0.466 e. The number of ether oxygens (including phenoxy) is 2. The first-order valence-electron chi connectivity index (χ1n) is 6.53. The van der Waals surface area contributed by atoms with Crippen LogP contribution < -0.4 is 5.32 Å². The Morgan fingerprint density at radius 3 is 2.33 bits per heavy atom. The molecule has 0 fully saturated rings. The predicted molar refractivity (Wildman–Crippen MR) is 80.9 cm³/mol. The van der Waals surface area contributed by atoms with Gasteiger partial charge in [0.25, 0.3) is 0 Å². The highest BCUT2D eigenvalue weighted by Crippen LogP contribution is 2.25. The minimum absolute atomic E-state index is 0.0187. The van der Waals surface area contributed by atoms with Crippen LogP contribution in [-0.4, -0.2) is 26.2 Å². The monoisotopic (exact) mass is 291 g/mol. The molecule has 0 aliphatic carbocycles. The third-order valence-corrected chi connectivity index (χ3v) is 2.88. The molecule has 1 aromatic carbocycles. The lowest BCUT2D eigenvalue weighted by Gasteiger charge is -2.20. The molecule has 114 valence electrons. The van der Waals surface area contributed by atoms with Crippen LogP contribution in [0, 0.1) is 0 Å². The van der Waals surface area contributed by atoms with Crippen molar-refractivity contribution < 1.29 is 19.1 Å². The van der Waals surface area contributed by atoms with Crippen molar-refractivity contribution in [2.45, 2.75) is 26.2 Å². The second kappa shape index (κ2) is 6.92. The molecule has 0 spiro atoms. The Bertz CT molecular complexity index is 556. The van der Waals surface area contributed by atoms with Crippen LogP contribution in [0.1, 0.15) is 26.3 Å². The van der Waals surface area contributed by atoms with Crippen LogP contribution in [-0.2, 0) is 24.5 Å². The zero-order chi connectivity index (χ0) is 16.0. The van der Waals surface area contributed by atoms with E-state index in [4.69, 9.17) is 0 Å². The molecule has 0 aliphatic heterocycles. The first kappa shape index (κ1) is 16.8. The van der Waals surface area contributed by atoms with E-state index in [1.807, 2.05) is 24.3 Å². The maximum Gasteiger partial charge on any atom is 0.354 e. The van der Waals surface area contributed by atoms with Crippen LogP contribution in [0.25, 0.3) is 0 Å². The molecule has 0 atom stereocenters. The van der Waals surface area contributed by atoms with E-state index >= 15 is 0 Å². The van der Waals surface area contributed by atoms with E-state index in [-0.39, 0.29) is 11.1 Å². The summed E-state index contributed by atoms with van der Waals surface area (Å²) in [6, 6.07) is 7.63. The molecular weight excluding hydrogens is 270 g/mol. The highest BCUT2D eigenvalue weighted by atomic mass is 16.5. The highest BCUT2D eigenvalue weighted by molar-refractivity contribution is 5.98. The molecule has 5 nitrogen and oxygen atoms in total. The Balaban J connectivity index is 3.07. The van der Waals surface area contributed by atoms with Gasteiger partial charge in [0.2, 0.25) is 0 Å². The van der Waals surface area contributed by atoms with Crippen molar-refractivity contribution in [2.75, 3.05) is 19.5 Å². The van der Waals surface area contributed by atoms with Crippen LogP contribution in [0.15, 0.2) is 36.0 Å². The average molecular weight is 291 g/mol. The summed E-state index contributed by atoms with van der Waals surface area (Å²) in [6.07, 6.45) is 1.07. The van der Waals surface area contributed by atoms with Gasteiger partial charge in [-0.1, -0.05) is 32.9 Å². The Morgan fingerprint density at radius 2 is 1.81 bits per heavy atom. The van der Waals surface area contributed by atoms with Crippen molar-refractivity contribution in [2.24, 2.45) is 0 Å². The summed E-state index contributed by atoms with van der Waals surface area (Å²) in [5, 5.41) is 2.89. The van der Waals surface area contributed by atoms with Crippen LogP contribution in [0.3, 0.4) is 0 Å². The van der Waals surface area contributed by atoms with Gasteiger partial charge >= 0.3 is 11.9 Å². The Hall–Kier alpha value is -2.30. The zero-order valence-electron chi connectivity index (χ0n) is 13.0. The van der Waals surface area contributed by atoms with Gasteiger partial charge in [-0.05, 0) is 23.1 Å². The molecule has 21 heavy (non-hydrogen) atoms. The largest absolute Gasteiger partial charge is 0.466 e. The highest BCUT2D eigenvalue weighted by Gasteiger charge is 2.16. The van der Waals surface area contributed by atoms with Crippen molar-refractivity contribution in [3.8, 4) is 0 Å². The lowest BCUT2D eigenvalue weighted by molar-refractivity contribution is -0.138. The van der Waals surface area contributed by atoms with E-state index in [9.17, 15) is 9.59 Å². The Labute approximate surface area is 124 Å². The molecule has 1 aromatic rings. The molecular formula is C16H21NO4. The number of benzene rings is 1. The van der Waals surface area contributed by atoms with E-state index in [1.165, 1.54) is 14.2 Å². The number of hydrogen-bond acceptors (Lipinski definition) is 5. The second-order valence-corrected chi connectivity index (χ2v) is 5.53. The number of anilines is 1. The van der Waals surface area contributed by atoms with Crippen LogP contribution in [0.5, 0.6) is 0 Å². The second-order valence-electron chi connectivity index (χ2n) is 5.53. The van der Waals surface area contributed by atoms with Crippen LogP contribution in [0.4, 0.5) is 5.69 Å². The van der Waals surface area contributed by atoms with E-state index in [0.717, 1.165) is 11.6 Å². The molecule has 0 amide bonds. The van der Waals surface area contributed by atoms with Crippen LogP contribution >= 0.6 is 0 Å². The molecule has 0 unspecified atom stereocenters. The molecule has 0 saturated heterocycles. The van der Waals surface area contributed by atoms with Gasteiger partial charge < -0.3 is 14.8 Å². The fourth-order valence-corrected chi connectivity index (χ4v) is 1.65. The number of esters is 2. The van der Waals surface area contributed by atoms with Gasteiger partial charge in [0.15, 0.2) is 0 Å². The summed E-state index contributed by atoms with van der Waals surface area (Å²) in [7, 11) is 2.49. The number of carbonyl (C=O) groups excluding carboxylic acids is 2. The van der Waals surface area contributed by atoms with Gasteiger partial charge in [-0.15, -0.1) is 0 Å². The molecule has 1 N–H and O–H groups in total. The first-order chi connectivity index (χ1) is 9.77. The molecule has 0 aromatic heterocycles. The summed E-state index contributed by atoms with van der Waals surface area (Å²) in [5.74, 6) is -1.27. The molecule has 1 rings (SSSR count). The van der Waals surface area contributed by atoms with Crippen molar-refractivity contribution in [1.82, 2.24) is 0 Å². The van der Waals surface area contributed by atoms with E-state index in [0.29, 0.717) is 5.69 Å². The molecule has 5 heteroatoms. The number of nitrogens with one attached hydrogen (secondary N) is 1. The summed E-state index contributed by atoms with van der Waals surface area (Å²) in [5.41, 5.74) is 1.81. The van der Waals surface area contributed by atoms with Crippen molar-refractivity contribution in [3.05, 3.63) is 41.6 Å². The summed E-state index contributed by atoms with van der Waals surface area (Å²) < 4.78 is 9.18. The number of methoxy groups -OCH3 is 2. The van der Waals surface area contributed by atoms with Crippen molar-refractivity contribution in [3.63, 3.8) is 0 Å². The molecule has 0 aliphatic rings. The topological polar surface area (TPSA) is 64.6 Å². The average Bonchev–Trinajstić information content (AvgIpc) is 2.45. The number of rotatable bonds is 4. The van der Waals surface area contributed by atoms with Crippen LogP contribution in [0.2, 0.25) is 0 Å². The summed E-state index contributed by atoms with van der Waals surface area (Å²) in [6.45, 7) is 6.28. The van der Waals surface area contributed by atoms with Gasteiger partial charge in [0, 0.05) is 5.69 Å². The maximum atomic E-state index is 11.7.